The summed E-state index contributed by atoms with van der Waals surface area (Å²) in [7, 11) is 0. The highest BCUT2D eigenvalue weighted by Crippen LogP contribution is 2.29. The van der Waals surface area contributed by atoms with Crippen LogP contribution in [0.3, 0.4) is 0 Å². The second-order valence-corrected chi connectivity index (χ2v) is 5.87. The number of carbonyl (C=O) groups is 2. The molecule has 6 nitrogen and oxygen atoms in total. The van der Waals surface area contributed by atoms with Gasteiger partial charge in [0.15, 0.2) is 12.6 Å². The van der Waals surface area contributed by atoms with Crippen molar-refractivity contribution < 1.29 is 28.5 Å². The number of Topliss-reactive ketones (excluding diaryl/α,β-unsaturated/α-hetero) is 1. The van der Waals surface area contributed by atoms with Crippen LogP contribution in [-0.2, 0) is 14.3 Å². The van der Waals surface area contributed by atoms with Crippen molar-refractivity contribution in [3.8, 4) is 11.5 Å². The zero-order valence-electron chi connectivity index (χ0n) is 14.5. The molecule has 0 unspecified atom stereocenters. The maximum Gasteiger partial charge on any atom is 0.319 e. The molecule has 0 fully saturated rings. The Labute approximate surface area is 147 Å². The van der Waals surface area contributed by atoms with Gasteiger partial charge in [0.2, 0.25) is 0 Å². The van der Waals surface area contributed by atoms with Crippen molar-refractivity contribution in [2.75, 3.05) is 20.0 Å². The topological polar surface area (TPSA) is 71.1 Å². The Morgan fingerprint density at radius 2 is 1.92 bits per heavy atom. The number of unbranched alkanes of at least 4 members (excludes halogenated alkanes) is 3. The minimum absolute atomic E-state index is 0.198. The van der Waals surface area contributed by atoms with Gasteiger partial charge >= 0.3 is 5.97 Å². The minimum Gasteiger partial charge on any atom is -0.493 e. The van der Waals surface area contributed by atoms with Gasteiger partial charge in [0.05, 0.1) is 24.5 Å². The summed E-state index contributed by atoms with van der Waals surface area (Å²) in [5.41, 5.74) is 0.433. The van der Waals surface area contributed by atoms with Crippen molar-refractivity contribution in [2.24, 2.45) is 0 Å². The first-order valence-corrected chi connectivity index (χ1v) is 8.43. The van der Waals surface area contributed by atoms with Crippen LogP contribution in [-0.4, -0.2) is 31.8 Å². The molecule has 1 aliphatic heterocycles. The zero-order valence-corrected chi connectivity index (χ0v) is 14.5. The van der Waals surface area contributed by atoms with Crippen LogP contribution in [0.4, 0.5) is 0 Å². The van der Waals surface area contributed by atoms with Gasteiger partial charge in [0, 0.05) is 6.07 Å². The third-order valence-corrected chi connectivity index (χ3v) is 3.62. The van der Waals surface area contributed by atoms with E-state index in [1.165, 1.54) is 0 Å². The lowest BCUT2D eigenvalue weighted by atomic mass is 10.0. The predicted octanol–water partition coefficient (Wildman–Crippen LogP) is 3.64. The fourth-order valence-electron chi connectivity index (χ4n) is 2.34. The standard InChI is InChI=1S/C19H24O6/c1-14(2)24-13-22-9-5-3-4-6-10-23-15-7-8-16-17(20)12-19(21)25-18(16)11-15/h7-8,11H,1,3-6,9-10,12-13H2,2H3. The average Bonchev–Trinajstić information content (AvgIpc) is 2.55. The van der Waals surface area contributed by atoms with E-state index in [2.05, 4.69) is 6.58 Å². The molecule has 0 saturated carbocycles. The second kappa shape index (κ2) is 9.84. The van der Waals surface area contributed by atoms with Crippen LogP contribution in [0.15, 0.2) is 30.5 Å². The molecule has 6 heteroatoms. The maximum atomic E-state index is 11.7. The van der Waals surface area contributed by atoms with E-state index in [1.54, 1.807) is 25.1 Å². The Morgan fingerprint density at radius 3 is 2.68 bits per heavy atom. The molecule has 0 bridgehead atoms. The number of hydrogen-bond donors (Lipinski definition) is 0. The first-order valence-electron chi connectivity index (χ1n) is 8.43. The molecule has 2 rings (SSSR count). The molecule has 136 valence electrons. The number of fused-ring (bicyclic) bond motifs is 1. The number of allylic oxidation sites excluding steroid dienone is 1. The molecule has 0 amide bonds. The molecule has 1 aliphatic rings. The van der Waals surface area contributed by atoms with E-state index >= 15 is 0 Å². The van der Waals surface area contributed by atoms with Crippen molar-refractivity contribution in [3.63, 3.8) is 0 Å². The highest BCUT2D eigenvalue weighted by atomic mass is 16.7. The molecular formula is C19H24O6. The molecule has 0 aromatic heterocycles. The molecule has 1 aromatic carbocycles. The van der Waals surface area contributed by atoms with Gasteiger partial charge in [0.25, 0.3) is 0 Å². The number of hydrogen-bond acceptors (Lipinski definition) is 6. The van der Waals surface area contributed by atoms with Gasteiger partial charge in [-0.1, -0.05) is 13.0 Å². The largest absolute Gasteiger partial charge is 0.493 e. The quantitative estimate of drug-likeness (QED) is 0.152. The summed E-state index contributed by atoms with van der Waals surface area (Å²) in [5, 5.41) is 0. The van der Waals surface area contributed by atoms with E-state index in [4.69, 9.17) is 18.9 Å². The summed E-state index contributed by atoms with van der Waals surface area (Å²) in [4.78, 5) is 23.0. The summed E-state index contributed by atoms with van der Waals surface area (Å²) in [6, 6.07) is 4.97. The third-order valence-electron chi connectivity index (χ3n) is 3.62. The van der Waals surface area contributed by atoms with Crippen LogP contribution in [0.25, 0.3) is 0 Å². The van der Waals surface area contributed by atoms with Gasteiger partial charge < -0.3 is 18.9 Å². The van der Waals surface area contributed by atoms with Crippen molar-refractivity contribution >= 4 is 11.8 Å². The highest BCUT2D eigenvalue weighted by Gasteiger charge is 2.24. The molecule has 0 aliphatic carbocycles. The lowest BCUT2D eigenvalue weighted by Crippen LogP contribution is -2.21. The minimum atomic E-state index is -0.523. The van der Waals surface area contributed by atoms with E-state index in [0.29, 0.717) is 30.3 Å². The fraction of sp³-hybridized carbons (Fsp3) is 0.474. The summed E-state index contributed by atoms with van der Waals surface area (Å²) in [6.45, 7) is 6.90. The number of benzene rings is 1. The predicted molar refractivity (Wildman–Crippen MR) is 91.7 cm³/mol. The van der Waals surface area contributed by atoms with Gasteiger partial charge in [-0.3, -0.25) is 9.59 Å². The number of carbonyl (C=O) groups excluding carboxylic acids is 2. The van der Waals surface area contributed by atoms with E-state index < -0.39 is 5.97 Å². The monoisotopic (exact) mass is 348 g/mol. The second-order valence-electron chi connectivity index (χ2n) is 5.87. The van der Waals surface area contributed by atoms with Gasteiger partial charge in [-0.15, -0.1) is 0 Å². The van der Waals surface area contributed by atoms with Crippen LogP contribution in [0.1, 0.15) is 49.4 Å². The van der Waals surface area contributed by atoms with Crippen LogP contribution in [0.2, 0.25) is 0 Å². The molecule has 0 saturated heterocycles. The van der Waals surface area contributed by atoms with Gasteiger partial charge in [-0.2, -0.15) is 0 Å². The van der Waals surface area contributed by atoms with Gasteiger partial charge in [-0.25, -0.2) is 0 Å². The number of ether oxygens (including phenoxy) is 4. The maximum absolute atomic E-state index is 11.7. The van der Waals surface area contributed by atoms with Crippen LogP contribution in [0, 0.1) is 0 Å². The Balaban J connectivity index is 1.58. The number of rotatable bonds is 11. The third kappa shape index (κ3) is 6.58. The molecule has 0 atom stereocenters. The summed E-state index contributed by atoms with van der Waals surface area (Å²) in [6.07, 6.45) is 3.76. The smallest absolute Gasteiger partial charge is 0.319 e. The lowest BCUT2D eigenvalue weighted by molar-refractivity contribution is -0.133. The van der Waals surface area contributed by atoms with E-state index in [0.717, 1.165) is 25.7 Å². The van der Waals surface area contributed by atoms with Crippen molar-refractivity contribution in [2.45, 2.75) is 39.0 Å². The number of ketones is 1. The summed E-state index contributed by atoms with van der Waals surface area (Å²) >= 11 is 0. The van der Waals surface area contributed by atoms with E-state index in [1.807, 2.05) is 0 Å². The van der Waals surface area contributed by atoms with E-state index in [-0.39, 0.29) is 24.7 Å². The molecule has 1 heterocycles. The normalized spacial score (nSPS) is 13.2. The first-order chi connectivity index (χ1) is 12.1. The van der Waals surface area contributed by atoms with Gasteiger partial charge in [0.1, 0.15) is 17.9 Å². The fourth-order valence-corrected chi connectivity index (χ4v) is 2.34. The Hall–Kier alpha value is -2.34. The van der Waals surface area contributed by atoms with Crippen LogP contribution >= 0.6 is 0 Å². The van der Waals surface area contributed by atoms with Crippen LogP contribution in [0.5, 0.6) is 11.5 Å². The highest BCUT2D eigenvalue weighted by molar-refractivity contribution is 6.11. The molecule has 0 spiro atoms. The molecular weight excluding hydrogens is 324 g/mol. The Bertz CT molecular complexity index is 622. The zero-order chi connectivity index (χ0) is 18.1. The van der Waals surface area contributed by atoms with Crippen molar-refractivity contribution in [3.05, 3.63) is 36.1 Å². The lowest BCUT2D eigenvalue weighted by Gasteiger charge is -2.15. The van der Waals surface area contributed by atoms with E-state index in [9.17, 15) is 9.59 Å². The Kier molecular flexibility index (Phi) is 7.47. The van der Waals surface area contributed by atoms with Crippen molar-refractivity contribution in [1.29, 1.82) is 0 Å². The van der Waals surface area contributed by atoms with Crippen LogP contribution < -0.4 is 9.47 Å². The molecule has 0 radical (unpaired) electrons. The summed E-state index contributed by atoms with van der Waals surface area (Å²) in [5.74, 6) is 0.798. The molecule has 25 heavy (non-hydrogen) atoms. The van der Waals surface area contributed by atoms with Gasteiger partial charge in [-0.05, 0) is 38.3 Å². The average molecular weight is 348 g/mol. The number of esters is 1. The molecule has 1 aromatic rings. The van der Waals surface area contributed by atoms with Crippen molar-refractivity contribution in [1.82, 2.24) is 0 Å². The molecule has 0 N–H and O–H groups in total. The SMILES string of the molecule is C=C(C)OCOCCCCCCOc1ccc2c(c1)OC(=O)CC2=O. The Morgan fingerprint density at radius 1 is 1.16 bits per heavy atom. The summed E-state index contributed by atoms with van der Waals surface area (Å²) < 4.78 is 21.1. The first kappa shape index (κ1) is 19.0.